The van der Waals surface area contributed by atoms with Crippen LogP contribution in [0.3, 0.4) is 0 Å². The summed E-state index contributed by atoms with van der Waals surface area (Å²) in [6.45, 7) is 6.25. The molecule has 0 saturated carbocycles. The lowest BCUT2D eigenvalue weighted by Gasteiger charge is -2.37. The third-order valence-corrected chi connectivity index (χ3v) is 4.34. The average molecular weight is 291 g/mol. The van der Waals surface area contributed by atoms with Crippen molar-refractivity contribution in [1.82, 2.24) is 24.7 Å². The van der Waals surface area contributed by atoms with Gasteiger partial charge in [-0.25, -0.2) is 4.68 Å². The van der Waals surface area contributed by atoms with Crippen LogP contribution in [0.25, 0.3) is 5.95 Å². The summed E-state index contributed by atoms with van der Waals surface area (Å²) in [6, 6.07) is 1.82. The second-order valence-electron chi connectivity index (χ2n) is 5.27. The molecule has 7 nitrogen and oxygen atoms in total. The molecule has 0 bridgehead atoms. The molecule has 3 rings (SSSR count). The normalized spacial score (nSPS) is 18.2. The summed E-state index contributed by atoms with van der Waals surface area (Å²) in [6.07, 6.45) is 3.47. The van der Waals surface area contributed by atoms with Crippen molar-refractivity contribution >= 4 is 23.7 Å². The highest BCUT2D eigenvalue weighted by Gasteiger charge is 2.29. The predicted octanol–water partition coefficient (Wildman–Crippen LogP) is 0.971. The van der Waals surface area contributed by atoms with Crippen LogP contribution in [0.2, 0.25) is 0 Å². The molecule has 1 aliphatic rings. The third kappa shape index (κ3) is 2.69. The largest absolute Gasteiger partial charge is 0.368 e. The minimum absolute atomic E-state index is 0.186. The van der Waals surface area contributed by atoms with Gasteiger partial charge in [0.1, 0.15) is 0 Å². The second kappa shape index (κ2) is 4.93. The molecule has 3 heterocycles. The second-order valence-corrected chi connectivity index (χ2v) is 7.08. The fraction of sp³-hybridized carbons (Fsp3) is 0.500. The van der Waals surface area contributed by atoms with Crippen molar-refractivity contribution in [3.05, 3.63) is 18.5 Å². The van der Waals surface area contributed by atoms with Crippen LogP contribution in [-0.4, -0.2) is 48.3 Å². The van der Waals surface area contributed by atoms with Crippen molar-refractivity contribution in [2.24, 2.45) is 0 Å². The van der Waals surface area contributed by atoms with Gasteiger partial charge >= 0.3 is 0 Å². The van der Waals surface area contributed by atoms with E-state index in [-0.39, 0.29) is 10.7 Å². The maximum atomic E-state index is 5.80. The molecule has 1 aliphatic heterocycles. The van der Waals surface area contributed by atoms with E-state index in [0.29, 0.717) is 11.9 Å². The zero-order valence-electron chi connectivity index (χ0n) is 11.5. The van der Waals surface area contributed by atoms with Crippen LogP contribution in [0.1, 0.15) is 13.8 Å². The molecule has 1 saturated heterocycles. The Morgan fingerprint density at radius 2 is 2.05 bits per heavy atom. The Morgan fingerprint density at radius 1 is 1.25 bits per heavy atom. The van der Waals surface area contributed by atoms with Gasteiger partial charge in [0.15, 0.2) is 0 Å². The Kier molecular flexibility index (Phi) is 3.25. The molecule has 106 valence electrons. The average Bonchev–Trinajstić information content (AvgIpc) is 2.90. The number of hydrogen-bond donors (Lipinski definition) is 1. The van der Waals surface area contributed by atoms with Crippen LogP contribution >= 0.6 is 11.8 Å². The zero-order valence-corrected chi connectivity index (χ0v) is 12.3. The molecular weight excluding hydrogens is 274 g/mol. The van der Waals surface area contributed by atoms with Gasteiger partial charge < -0.3 is 10.6 Å². The van der Waals surface area contributed by atoms with Crippen molar-refractivity contribution in [2.75, 3.05) is 29.5 Å². The monoisotopic (exact) mass is 291 g/mol. The molecule has 8 heteroatoms. The van der Waals surface area contributed by atoms with E-state index in [4.69, 9.17) is 5.73 Å². The van der Waals surface area contributed by atoms with Gasteiger partial charge in [0.05, 0.1) is 0 Å². The Morgan fingerprint density at radius 3 is 2.75 bits per heavy atom. The molecular formula is C12H17N7S. The van der Waals surface area contributed by atoms with Crippen molar-refractivity contribution in [1.29, 1.82) is 0 Å². The molecule has 0 spiro atoms. The van der Waals surface area contributed by atoms with Gasteiger partial charge in [-0.1, -0.05) is 0 Å². The number of anilines is 2. The minimum Gasteiger partial charge on any atom is -0.368 e. The van der Waals surface area contributed by atoms with Crippen LogP contribution < -0.4 is 10.6 Å². The number of nitrogen functional groups attached to an aromatic ring is 1. The van der Waals surface area contributed by atoms with E-state index < -0.39 is 0 Å². The van der Waals surface area contributed by atoms with E-state index in [1.165, 1.54) is 0 Å². The summed E-state index contributed by atoms with van der Waals surface area (Å²) in [5.41, 5.74) is 5.80. The van der Waals surface area contributed by atoms with Crippen molar-refractivity contribution in [3.63, 3.8) is 0 Å². The van der Waals surface area contributed by atoms with E-state index in [0.717, 1.165) is 18.8 Å². The maximum absolute atomic E-state index is 5.80. The molecule has 0 aliphatic carbocycles. The fourth-order valence-corrected chi connectivity index (χ4v) is 3.30. The van der Waals surface area contributed by atoms with E-state index in [1.807, 2.05) is 17.8 Å². The SMILES string of the molecule is CC1(C)CN(c2nc(N)nc(-n3cccn3)n2)CCS1. The van der Waals surface area contributed by atoms with E-state index >= 15 is 0 Å². The summed E-state index contributed by atoms with van der Waals surface area (Å²) >= 11 is 1.96. The Bertz CT molecular complexity index is 596. The quantitative estimate of drug-likeness (QED) is 0.882. The standard InChI is InChI=1S/C12H17N7S/c1-12(2)8-18(6-7-20-12)10-15-9(13)16-11(17-10)19-5-3-4-14-19/h3-5H,6-8H2,1-2H3,(H2,13,15,16,17). The Hall–Kier alpha value is -1.83. The third-order valence-electron chi connectivity index (χ3n) is 3.05. The maximum Gasteiger partial charge on any atom is 0.257 e. The van der Waals surface area contributed by atoms with Gasteiger partial charge in [-0.3, -0.25) is 0 Å². The van der Waals surface area contributed by atoms with Gasteiger partial charge in [-0.2, -0.15) is 31.8 Å². The number of rotatable bonds is 2. The van der Waals surface area contributed by atoms with Crippen LogP contribution in [0.5, 0.6) is 0 Å². The molecule has 0 unspecified atom stereocenters. The van der Waals surface area contributed by atoms with Crippen LogP contribution in [0.15, 0.2) is 18.5 Å². The lowest BCUT2D eigenvalue weighted by molar-refractivity contribution is 0.632. The number of aromatic nitrogens is 5. The van der Waals surface area contributed by atoms with E-state index in [1.54, 1.807) is 17.1 Å². The summed E-state index contributed by atoms with van der Waals surface area (Å²) in [5.74, 6) is 2.34. The first-order valence-electron chi connectivity index (χ1n) is 6.44. The zero-order chi connectivity index (χ0) is 14.2. The van der Waals surface area contributed by atoms with Crippen LogP contribution in [0.4, 0.5) is 11.9 Å². The number of thioether (sulfide) groups is 1. The van der Waals surface area contributed by atoms with Gasteiger partial charge in [0, 0.05) is 36.0 Å². The molecule has 2 N–H and O–H groups in total. The number of hydrogen-bond acceptors (Lipinski definition) is 7. The predicted molar refractivity (Wildman–Crippen MR) is 80.1 cm³/mol. The molecule has 0 aromatic carbocycles. The molecule has 2 aromatic heterocycles. The van der Waals surface area contributed by atoms with Gasteiger partial charge in [-0.05, 0) is 19.9 Å². The van der Waals surface area contributed by atoms with Crippen LogP contribution in [-0.2, 0) is 0 Å². The first-order valence-corrected chi connectivity index (χ1v) is 7.43. The fourth-order valence-electron chi connectivity index (χ4n) is 2.19. The highest BCUT2D eigenvalue weighted by molar-refractivity contribution is 8.00. The molecule has 0 radical (unpaired) electrons. The molecule has 2 aromatic rings. The van der Waals surface area contributed by atoms with Crippen molar-refractivity contribution in [2.45, 2.75) is 18.6 Å². The highest BCUT2D eigenvalue weighted by Crippen LogP contribution is 2.31. The smallest absolute Gasteiger partial charge is 0.257 e. The lowest BCUT2D eigenvalue weighted by Crippen LogP contribution is -2.44. The number of nitrogens with zero attached hydrogens (tertiary/aromatic N) is 6. The highest BCUT2D eigenvalue weighted by atomic mass is 32.2. The molecule has 0 atom stereocenters. The Labute approximate surface area is 121 Å². The van der Waals surface area contributed by atoms with Gasteiger partial charge in [0.2, 0.25) is 11.9 Å². The molecule has 1 fully saturated rings. The van der Waals surface area contributed by atoms with Crippen molar-refractivity contribution < 1.29 is 0 Å². The lowest BCUT2D eigenvalue weighted by atomic mass is 10.2. The minimum atomic E-state index is 0.186. The number of nitrogens with two attached hydrogens (primary N) is 1. The van der Waals surface area contributed by atoms with Crippen molar-refractivity contribution in [3.8, 4) is 5.95 Å². The summed E-state index contributed by atoms with van der Waals surface area (Å²) in [5, 5.41) is 4.13. The first kappa shape index (κ1) is 13.2. The topological polar surface area (TPSA) is 85.8 Å². The molecule has 20 heavy (non-hydrogen) atoms. The summed E-state index contributed by atoms with van der Waals surface area (Å²) < 4.78 is 1.77. The summed E-state index contributed by atoms with van der Waals surface area (Å²) in [7, 11) is 0. The molecule has 0 amide bonds. The Balaban J connectivity index is 1.94. The first-order chi connectivity index (χ1) is 9.53. The van der Waals surface area contributed by atoms with E-state index in [2.05, 4.69) is 38.8 Å². The van der Waals surface area contributed by atoms with Gasteiger partial charge in [-0.15, -0.1) is 0 Å². The van der Waals surface area contributed by atoms with E-state index in [9.17, 15) is 0 Å². The summed E-state index contributed by atoms with van der Waals surface area (Å²) in [4.78, 5) is 15.0. The van der Waals surface area contributed by atoms with Crippen LogP contribution in [0, 0.1) is 0 Å². The van der Waals surface area contributed by atoms with Gasteiger partial charge in [0.25, 0.3) is 5.95 Å².